The van der Waals surface area contributed by atoms with Crippen molar-refractivity contribution in [3.63, 3.8) is 0 Å². The topological polar surface area (TPSA) is 83.6 Å². The van der Waals surface area contributed by atoms with E-state index in [-0.39, 0.29) is 23.8 Å². The van der Waals surface area contributed by atoms with E-state index >= 15 is 0 Å². The second-order valence-electron chi connectivity index (χ2n) is 3.87. The quantitative estimate of drug-likeness (QED) is 0.819. The van der Waals surface area contributed by atoms with Gasteiger partial charge >= 0.3 is 5.97 Å². The van der Waals surface area contributed by atoms with Crippen LogP contribution in [-0.4, -0.2) is 40.0 Å². The second-order valence-corrected chi connectivity index (χ2v) is 3.87. The fourth-order valence-corrected chi connectivity index (χ4v) is 1.74. The third-order valence-electron chi connectivity index (χ3n) is 2.58. The number of amides is 1. The van der Waals surface area contributed by atoms with E-state index in [1.807, 2.05) is 0 Å². The van der Waals surface area contributed by atoms with E-state index in [4.69, 9.17) is 9.52 Å². The van der Waals surface area contributed by atoms with Crippen LogP contribution in [0.5, 0.6) is 0 Å². The summed E-state index contributed by atoms with van der Waals surface area (Å²) in [6.07, 6.45) is 1.53. The summed E-state index contributed by atoms with van der Waals surface area (Å²) in [5, 5.41) is 8.80. The van der Waals surface area contributed by atoms with Crippen LogP contribution in [0.1, 0.15) is 22.1 Å². The summed E-state index contributed by atoms with van der Waals surface area (Å²) in [5.74, 6) is -0.708. The summed E-state index contributed by atoms with van der Waals surface area (Å²) in [4.78, 5) is 28.2. The summed E-state index contributed by atoms with van der Waals surface area (Å²) >= 11 is 0. The smallest absolute Gasteiger partial charge is 0.333 e. The molecule has 6 heteroatoms. The van der Waals surface area contributed by atoms with Gasteiger partial charge in [-0.1, -0.05) is 6.08 Å². The van der Waals surface area contributed by atoms with Crippen molar-refractivity contribution in [1.29, 1.82) is 0 Å². The fraction of sp³-hybridized carbons (Fsp3) is 0.364. The van der Waals surface area contributed by atoms with Crippen molar-refractivity contribution in [2.45, 2.75) is 13.8 Å². The molecule has 1 aliphatic rings. The van der Waals surface area contributed by atoms with Gasteiger partial charge in [-0.15, -0.1) is 0 Å². The molecule has 0 aliphatic carbocycles. The first-order valence-electron chi connectivity index (χ1n) is 5.14. The monoisotopic (exact) mass is 236 g/mol. The van der Waals surface area contributed by atoms with Crippen LogP contribution in [0, 0.1) is 13.8 Å². The lowest BCUT2D eigenvalue weighted by Gasteiger charge is -2.13. The highest BCUT2D eigenvalue weighted by Crippen LogP contribution is 2.16. The Kier molecular flexibility index (Phi) is 2.71. The van der Waals surface area contributed by atoms with Gasteiger partial charge in [0.15, 0.2) is 5.89 Å². The molecule has 0 saturated heterocycles. The predicted octanol–water partition coefficient (Wildman–Crippen LogP) is 0.758. The molecule has 1 aromatic heterocycles. The predicted molar refractivity (Wildman–Crippen MR) is 57.6 cm³/mol. The van der Waals surface area contributed by atoms with Crippen molar-refractivity contribution >= 4 is 11.9 Å². The van der Waals surface area contributed by atoms with Gasteiger partial charge in [0.1, 0.15) is 0 Å². The van der Waals surface area contributed by atoms with E-state index in [0.29, 0.717) is 18.1 Å². The van der Waals surface area contributed by atoms with Gasteiger partial charge in [0.05, 0.1) is 17.8 Å². The van der Waals surface area contributed by atoms with Crippen molar-refractivity contribution in [2.24, 2.45) is 0 Å². The molecule has 1 aromatic rings. The van der Waals surface area contributed by atoms with E-state index < -0.39 is 5.97 Å². The third kappa shape index (κ3) is 2.06. The van der Waals surface area contributed by atoms with Gasteiger partial charge in [0.2, 0.25) is 5.76 Å². The molecule has 2 heterocycles. The van der Waals surface area contributed by atoms with Crippen molar-refractivity contribution < 1.29 is 19.1 Å². The number of oxazole rings is 1. The van der Waals surface area contributed by atoms with Crippen molar-refractivity contribution in [3.8, 4) is 0 Å². The number of carboxylic acids is 1. The van der Waals surface area contributed by atoms with Crippen molar-refractivity contribution in [1.82, 2.24) is 9.88 Å². The molecule has 2 rings (SSSR count). The first-order valence-corrected chi connectivity index (χ1v) is 5.14. The summed E-state index contributed by atoms with van der Waals surface area (Å²) in [6.45, 7) is 3.74. The molecule has 0 unspecified atom stereocenters. The lowest BCUT2D eigenvalue weighted by Crippen LogP contribution is -2.30. The van der Waals surface area contributed by atoms with Gasteiger partial charge in [-0.25, -0.2) is 9.78 Å². The van der Waals surface area contributed by atoms with Gasteiger partial charge < -0.3 is 14.4 Å². The molecule has 0 aromatic carbocycles. The van der Waals surface area contributed by atoms with Crippen molar-refractivity contribution in [3.05, 3.63) is 29.0 Å². The normalized spacial score (nSPS) is 14.9. The first kappa shape index (κ1) is 11.4. The number of carbonyl (C=O) groups excluding carboxylic acids is 1. The number of aromatic nitrogens is 1. The SMILES string of the molecule is Cc1nc(C)c(C(=O)N2CC=C(C(=O)O)C2)o1. The molecular formula is C11H12N2O4. The lowest BCUT2D eigenvalue weighted by atomic mass is 10.3. The van der Waals surface area contributed by atoms with Crippen LogP contribution in [0.3, 0.4) is 0 Å². The third-order valence-corrected chi connectivity index (χ3v) is 2.58. The molecule has 0 bridgehead atoms. The Balaban J connectivity index is 2.14. The largest absolute Gasteiger partial charge is 0.478 e. The number of nitrogens with zero attached hydrogens (tertiary/aromatic N) is 2. The number of hydrogen-bond donors (Lipinski definition) is 1. The van der Waals surface area contributed by atoms with Crippen LogP contribution in [-0.2, 0) is 4.79 Å². The molecule has 0 radical (unpaired) electrons. The van der Waals surface area contributed by atoms with E-state index in [1.54, 1.807) is 13.8 Å². The maximum atomic E-state index is 12.0. The maximum absolute atomic E-state index is 12.0. The Bertz CT molecular complexity index is 516. The summed E-state index contributed by atoms with van der Waals surface area (Å²) < 4.78 is 5.21. The fourth-order valence-electron chi connectivity index (χ4n) is 1.74. The number of hydrogen-bond acceptors (Lipinski definition) is 4. The molecule has 6 nitrogen and oxygen atoms in total. The highest BCUT2D eigenvalue weighted by atomic mass is 16.4. The van der Waals surface area contributed by atoms with Gasteiger partial charge in [-0.3, -0.25) is 4.79 Å². The van der Waals surface area contributed by atoms with Gasteiger partial charge in [0.25, 0.3) is 5.91 Å². The van der Waals surface area contributed by atoms with Crippen LogP contribution >= 0.6 is 0 Å². The molecule has 0 saturated carbocycles. The number of carbonyl (C=O) groups is 2. The molecule has 0 spiro atoms. The summed E-state index contributed by atoms with van der Waals surface area (Å²) in [6, 6.07) is 0. The summed E-state index contributed by atoms with van der Waals surface area (Å²) in [5.41, 5.74) is 0.753. The minimum Gasteiger partial charge on any atom is -0.478 e. The summed E-state index contributed by atoms with van der Waals surface area (Å²) in [7, 11) is 0. The molecule has 1 N–H and O–H groups in total. The minimum atomic E-state index is -0.995. The van der Waals surface area contributed by atoms with E-state index in [9.17, 15) is 9.59 Å². The molecular weight excluding hydrogens is 224 g/mol. The molecule has 17 heavy (non-hydrogen) atoms. The van der Waals surface area contributed by atoms with E-state index in [2.05, 4.69) is 4.98 Å². The molecule has 0 fully saturated rings. The van der Waals surface area contributed by atoms with E-state index in [0.717, 1.165) is 0 Å². The van der Waals surface area contributed by atoms with Gasteiger partial charge in [0, 0.05) is 13.5 Å². The van der Waals surface area contributed by atoms with Crippen molar-refractivity contribution in [2.75, 3.05) is 13.1 Å². The zero-order chi connectivity index (χ0) is 12.6. The zero-order valence-corrected chi connectivity index (χ0v) is 9.56. The molecule has 90 valence electrons. The highest BCUT2D eigenvalue weighted by molar-refractivity contribution is 5.95. The average Bonchev–Trinajstić information content (AvgIpc) is 2.84. The minimum absolute atomic E-state index is 0.105. The molecule has 1 aliphatic heterocycles. The van der Waals surface area contributed by atoms with Gasteiger partial charge in [-0.2, -0.15) is 0 Å². The number of carboxylic acid groups (broad SMARTS) is 1. The standard InChI is InChI=1S/C11H12N2O4/c1-6-9(17-7(2)12-6)10(14)13-4-3-8(5-13)11(15)16/h3H,4-5H2,1-2H3,(H,15,16). The van der Waals surface area contributed by atoms with Crippen LogP contribution in [0.4, 0.5) is 0 Å². The van der Waals surface area contributed by atoms with Crippen LogP contribution in [0.15, 0.2) is 16.1 Å². The van der Waals surface area contributed by atoms with Gasteiger partial charge in [-0.05, 0) is 6.92 Å². The number of aryl methyl sites for hydroxylation is 2. The molecule has 1 amide bonds. The Morgan fingerprint density at radius 3 is 2.65 bits per heavy atom. The van der Waals surface area contributed by atoms with Crippen LogP contribution < -0.4 is 0 Å². The maximum Gasteiger partial charge on any atom is 0.333 e. The average molecular weight is 236 g/mol. The first-order chi connectivity index (χ1) is 7.99. The Hall–Kier alpha value is -2.11. The number of rotatable bonds is 2. The second kappa shape index (κ2) is 4.04. The molecule has 0 atom stereocenters. The number of aliphatic carboxylic acids is 1. The van der Waals surface area contributed by atoms with E-state index in [1.165, 1.54) is 11.0 Å². The van der Waals surface area contributed by atoms with Crippen LogP contribution in [0.25, 0.3) is 0 Å². The Morgan fingerprint density at radius 2 is 2.18 bits per heavy atom. The zero-order valence-electron chi connectivity index (χ0n) is 9.56. The Labute approximate surface area is 97.5 Å². The Morgan fingerprint density at radius 1 is 1.47 bits per heavy atom. The van der Waals surface area contributed by atoms with Crippen LogP contribution in [0.2, 0.25) is 0 Å². The highest BCUT2D eigenvalue weighted by Gasteiger charge is 2.27. The lowest BCUT2D eigenvalue weighted by molar-refractivity contribution is -0.132.